The Balaban J connectivity index is 3.51. The maximum absolute atomic E-state index is 10.5. The van der Waals surface area contributed by atoms with Gasteiger partial charge in [0.05, 0.1) is 6.54 Å². The van der Waals surface area contributed by atoms with E-state index in [0.29, 0.717) is 11.9 Å². The number of hydrogen-bond donors (Lipinski definition) is 1. The first-order valence-corrected chi connectivity index (χ1v) is 2.56. The molecule has 3 heteroatoms. The predicted molar refractivity (Wildman–Crippen MR) is 33.9 cm³/mol. The molecule has 1 N–H and O–H groups in total. The van der Waals surface area contributed by atoms with Gasteiger partial charge < -0.3 is 10.1 Å². The topological polar surface area (TPSA) is 46.2 Å². The first kappa shape index (κ1) is 7.88. The molecule has 0 aromatic heterocycles. The molecule has 0 unspecified atom stereocenters. The second-order valence-corrected chi connectivity index (χ2v) is 1.66. The zero-order valence-corrected chi connectivity index (χ0v) is 5.31. The van der Waals surface area contributed by atoms with Crippen molar-refractivity contribution in [3.05, 3.63) is 12.2 Å². The van der Waals surface area contributed by atoms with E-state index in [1.165, 1.54) is 0 Å². The van der Waals surface area contributed by atoms with Crippen molar-refractivity contribution in [1.29, 1.82) is 0 Å². The van der Waals surface area contributed by atoms with Crippen molar-refractivity contribution in [3.8, 4) is 0 Å². The molecule has 0 atom stereocenters. The third kappa shape index (κ3) is 3.46. The SMILES string of the molecule is C=C(C)C(=O)NCC=O. The van der Waals surface area contributed by atoms with Crippen LogP contribution in [0.4, 0.5) is 0 Å². The average Bonchev–Trinajstić information content (AvgIpc) is 1.82. The smallest absolute Gasteiger partial charge is 0.246 e. The lowest BCUT2D eigenvalue weighted by Crippen LogP contribution is -2.25. The van der Waals surface area contributed by atoms with E-state index in [1.54, 1.807) is 6.92 Å². The largest absolute Gasteiger partial charge is 0.346 e. The van der Waals surface area contributed by atoms with E-state index in [-0.39, 0.29) is 12.5 Å². The molecule has 0 aromatic rings. The number of aldehydes is 1. The fourth-order valence-electron chi connectivity index (χ4n) is 0.285. The summed E-state index contributed by atoms with van der Waals surface area (Å²) < 4.78 is 0. The number of rotatable bonds is 3. The minimum atomic E-state index is -0.276. The van der Waals surface area contributed by atoms with Crippen molar-refractivity contribution in [3.63, 3.8) is 0 Å². The van der Waals surface area contributed by atoms with Gasteiger partial charge in [-0.05, 0) is 6.92 Å². The van der Waals surface area contributed by atoms with Gasteiger partial charge in [-0.15, -0.1) is 0 Å². The van der Waals surface area contributed by atoms with Crippen molar-refractivity contribution in [1.82, 2.24) is 5.32 Å². The van der Waals surface area contributed by atoms with Gasteiger partial charge in [0.25, 0.3) is 0 Å². The maximum atomic E-state index is 10.5. The lowest BCUT2D eigenvalue weighted by atomic mass is 10.3. The zero-order valence-electron chi connectivity index (χ0n) is 5.31. The summed E-state index contributed by atoms with van der Waals surface area (Å²) in [6.45, 7) is 5.02. The zero-order chi connectivity index (χ0) is 7.28. The molecule has 0 rings (SSSR count). The molecular formula is C6H9NO2. The van der Waals surface area contributed by atoms with Crippen LogP contribution in [0, 0.1) is 0 Å². The van der Waals surface area contributed by atoms with Crippen LogP contribution in [-0.2, 0) is 9.59 Å². The Morgan fingerprint density at radius 3 is 2.67 bits per heavy atom. The van der Waals surface area contributed by atoms with Crippen LogP contribution in [0.25, 0.3) is 0 Å². The first-order chi connectivity index (χ1) is 4.18. The van der Waals surface area contributed by atoms with Crippen molar-refractivity contribution in [2.75, 3.05) is 6.54 Å². The number of carbonyl (C=O) groups is 2. The van der Waals surface area contributed by atoms with Crippen LogP contribution in [0.3, 0.4) is 0 Å². The fraction of sp³-hybridized carbons (Fsp3) is 0.333. The van der Waals surface area contributed by atoms with Crippen molar-refractivity contribution in [2.24, 2.45) is 0 Å². The number of carbonyl (C=O) groups excluding carboxylic acids is 2. The molecule has 0 heterocycles. The summed E-state index contributed by atoms with van der Waals surface area (Å²) >= 11 is 0. The Hall–Kier alpha value is -1.12. The van der Waals surface area contributed by atoms with Crippen LogP contribution in [0.15, 0.2) is 12.2 Å². The highest BCUT2D eigenvalue weighted by molar-refractivity contribution is 5.93. The molecule has 3 nitrogen and oxygen atoms in total. The fourth-order valence-corrected chi connectivity index (χ4v) is 0.285. The molecule has 9 heavy (non-hydrogen) atoms. The van der Waals surface area contributed by atoms with Gasteiger partial charge in [0.1, 0.15) is 6.29 Å². The molecule has 1 amide bonds. The quantitative estimate of drug-likeness (QED) is 0.424. The number of amides is 1. The monoisotopic (exact) mass is 127 g/mol. The van der Waals surface area contributed by atoms with Gasteiger partial charge in [-0.1, -0.05) is 6.58 Å². The summed E-state index contributed by atoms with van der Waals surface area (Å²) in [5.41, 5.74) is 0.414. The van der Waals surface area contributed by atoms with Gasteiger partial charge >= 0.3 is 0 Å². The summed E-state index contributed by atoms with van der Waals surface area (Å²) in [6.07, 6.45) is 0.626. The Labute approximate surface area is 53.7 Å². The Bertz CT molecular complexity index is 140. The van der Waals surface area contributed by atoms with Gasteiger partial charge in [-0.2, -0.15) is 0 Å². The van der Waals surface area contributed by atoms with Crippen molar-refractivity contribution in [2.45, 2.75) is 6.92 Å². The van der Waals surface area contributed by atoms with Crippen molar-refractivity contribution < 1.29 is 9.59 Å². The Kier molecular flexibility index (Phi) is 3.35. The lowest BCUT2D eigenvalue weighted by Gasteiger charge is -1.96. The van der Waals surface area contributed by atoms with Gasteiger partial charge in [0.2, 0.25) is 5.91 Å². The highest BCUT2D eigenvalue weighted by Crippen LogP contribution is 1.82. The van der Waals surface area contributed by atoms with Crippen LogP contribution in [0.5, 0.6) is 0 Å². The lowest BCUT2D eigenvalue weighted by molar-refractivity contribution is -0.119. The molecule has 50 valence electrons. The third-order valence-corrected chi connectivity index (χ3v) is 0.734. The minimum Gasteiger partial charge on any atom is -0.346 e. The van der Waals surface area contributed by atoms with Crippen LogP contribution < -0.4 is 5.32 Å². The van der Waals surface area contributed by atoms with Gasteiger partial charge in [0.15, 0.2) is 0 Å². The third-order valence-electron chi connectivity index (χ3n) is 0.734. The van der Waals surface area contributed by atoms with Crippen LogP contribution in [0.1, 0.15) is 6.92 Å². The summed E-state index contributed by atoms with van der Waals surface area (Å²) in [5.74, 6) is -0.276. The van der Waals surface area contributed by atoms with Gasteiger partial charge in [-0.3, -0.25) is 4.79 Å². The summed E-state index contributed by atoms with van der Waals surface area (Å²) in [5, 5.41) is 2.33. The molecular weight excluding hydrogens is 118 g/mol. The Morgan fingerprint density at radius 2 is 2.33 bits per heavy atom. The molecule has 0 aliphatic carbocycles. The van der Waals surface area contributed by atoms with Gasteiger partial charge in [0, 0.05) is 5.57 Å². The number of hydrogen-bond acceptors (Lipinski definition) is 2. The van der Waals surface area contributed by atoms with Crippen LogP contribution in [-0.4, -0.2) is 18.7 Å². The molecule has 0 saturated carbocycles. The molecule has 0 aliphatic rings. The van der Waals surface area contributed by atoms with Crippen LogP contribution in [0.2, 0.25) is 0 Å². The van der Waals surface area contributed by atoms with E-state index < -0.39 is 0 Å². The molecule has 0 bridgehead atoms. The standard InChI is InChI=1S/C6H9NO2/c1-5(2)6(9)7-3-4-8/h4H,1,3H2,2H3,(H,7,9). The van der Waals surface area contributed by atoms with E-state index in [4.69, 9.17) is 0 Å². The highest BCUT2D eigenvalue weighted by Gasteiger charge is 1.96. The molecule has 0 saturated heterocycles. The summed E-state index contributed by atoms with van der Waals surface area (Å²) in [7, 11) is 0. The second kappa shape index (κ2) is 3.83. The molecule has 0 spiro atoms. The number of nitrogens with one attached hydrogen (secondary N) is 1. The summed E-state index contributed by atoms with van der Waals surface area (Å²) in [4.78, 5) is 20.2. The van der Waals surface area contributed by atoms with Crippen molar-refractivity contribution >= 4 is 12.2 Å². The van der Waals surface area contributed by atoms with E-state index in [1.807, 2.05) is 0 Å². The molecule has 0 aliphatic heterocycles. The normalized spacial score (nSPS) is 8.11. The first-order valence-electron chi connectivity index (χ1n) is 2.56. The second-order valence-electron chi connectivity index (χ2n) is 1.66. The van der Waals surface area contributed by atoms with E-state index in [2.05, 4.69) is 11.9 Å². The minimum absolute atomic E-state index is 0.0612. The van der Waals surface area contributed by atoms with Crippen LogP contribution >= 0.6 is 0 Å². The average molecular weight is 127 g/mol. The predicted octanol–water partition coefficient (Wildman–Crippen LogP) is -0.122. The maximum Gasteiger partial charge on any atom is 0.246 e. The summed E-state index contributed by atoms with van der Waals surface area (Å²) in [6, 6.07) is 0. The highest BCUT2D eigenvalue weighted by atomic mass is 16.2. The van der Waals surface area contributed by atoms with Gasteiger partial charge in [-0.25, -0.2) is 0 Å². The van der Waals surface area contributed by atoms with E-state index in [9.17, 15) is 9.59 Å². The van der Waals surface area contributed by atoms with E-state index in [0.717, 1.165) is 0 Å². The van der Waals surface area contributed by atoms with E-state index >= 15 is 0 Å². The molecule has 0 aromatic carbocycles. The molecule has 0 fully saturated rings. The Morgan fingerprint density at radius 1 is 1.78 bits per heavy atom. The molecule has 0 radical (unpaired) electrons.